The monoisotopic (exact) mass is 221 g/mol. The molecule has 1 rings (SSSR count). The fourth-order valence-electron chi connectivity index (χ4n) is 1.86. The maximum absolute atomic E-state index is 5.75. The van der Waals surface area contributed by atoms with Gasteiger partial charge in [-0.15, -0.1) is 0 Å². The summed E-state index contributed by atoms with van der Waals surface area (Å²) in [4.78, 5) is 0. The summed E-state index contributed by atoms with van der Waals surface area (Å²) in [5.41, 5.74) is 8.43. The first-order chi connectivity index (χ1) is 7.67. The fraction of sp³-hybridized carbons (Fsp3) is 0.571. The summed E-state index contributed by atoms with van der Waals surface area (Å²) in [7, 11) is 1.73. The Balaban J connectivity index is 2.67. The first-order valence-corrected chi connectivity index (χ1v) is 6.08. The van der Waals surface area contributed by atoms with E-state index in [1.165, 1.54) is 11.1 Å². The van der Waals surface area contributed by atoms with Gasteiger partial charge in [-0.05, 0) is 49.8 Å². The molecule has 2 nitrogen and oxygen atoms in total. The molecular formula is C14H23NO. The molecule has 1 unspecified atom stereocenters. The zero-order chi connectivity index (χ0) is 12.0. The van der Waals surface area contributed by atoms with E-state index >= 15 is 0 Å². The summed E-state index contributed by atoms with van der Waals surface area (Å²) >= 11 is 0. The predicted molar refractivity (Wildman–Crippen MR) is 69.0 cm³/mol. The molecule has 90 valence electrons. The van der Waals surface area contributed by atoms with Crippen LogP contribution in [0.1, 0.15) is 37.8 Å². The zero-order valence-electron chi connectivity index (χ0n) is 10.6. The van der Waals surface area contributed by atoms with Gasteiger partial charge < -0.3 is 10.5 Å². The fourth-order valence-corrected chi connectivity index (χ4v) is 1.86. The number of benzene rings is 1. The van der Waals surface area contributed by atoms with Crippen molar-refractivity contribution in [2.24, 2.45) is 5.73 Å². The Hall–Kier alpha value is -1.02. The van der Waals surface area contributed by atoms with Gasteiger partial charge in [0, 0.05) is 6.04 Å². The van der Waals surface area contributed by atoms with Crippen LogP contribution in [0.3, 0.4) is 0 Å². The van der Waals surface area contributed by atoms with Crippen LogP contribution < -0.4 is 10.5 Å². The lowest BCUT2D eigenvalue weighted by Crippen LogP contribution is -2.14. The van der Waals surface area contributed by atoms with Crippen LogP contribution in [0.25, 0.3) is 0 Å². The SMILES string of the molecule is CCc1ccc(OC)c(CCCC(C)N)c1. The summed E-state index contributed by atoms with van der Waals surface area (Å²) in [5.74, 6) is 1.00. The van der Waals surface area contributed by atoms with Gasteiger partial charge in [-0.25, -0.2) is 0 Å². The standard InChI is InChI=1S/C14H23NO/c1-4-12-8-9-14(16-3)13(10-12)7-5-6-11(2)15/h8-11H,4-7,15H2,1-3H3. The number of ether oxygens (including phenoxy) is 1. The molecule has 0 aliphatic carbocycles. The Morgan fingerprint density at radius 1 is 1.38 bits per heavy atom. The quantitative estimate of drug-likeness (QED) is 0.801. The van der Waals surface area contributed by atoms with Crippen LogP contribution in [-0.2, 0) is 12.8 Å². The molecule has 1 aromatic rings. The highest BCUT2D eigenvalue weighted by atomic mass is 16.5. The van der Waals surface area contributed by atoms with Crippen LogP contribution >= 0.6 is 0 Å². The minimum Gasteiger partial charge on any atom is -0.496 e. The largest absolute Gasteiger partial charge is 0.496 e. The lowest BCUT2D eigenvalue weighted by molar-refractivity contribution is 0.408. The van der Waals surface area contributed by atoms with Crippen molar-refractivity contribution in [2.45, 2.75) is 45.6 Å². The van der Waals surface area contributed by atoms with Gasteiger partial charge in [0.2, 0.25) is 0 Å². The number of rotatable bonds is 6. The van der Waals surface area contributed by atoms with E-state index in [0.29, 0.717) is 6.04 Å². The molecule has 0 aliphatic rings. The molecule has 0 bridgehead atoms. The number of hydrogen-bond acceptors (Lipinski definition) is 2. The molecule has 0 aromatic heterocycles. The highest BCUT2D eigenvalue weighted by Gasteiger charge is 2.04. The minimum absolute atomic E-state index is 0.292. The molecule has 0 radical (unpaired) electrons. The second-order valence-electron chi connectivity index (χ2n) is 4.37. The van der Waals surface area contributed by atoms with E-state index in [9.17, 15) is 0 Å². The molecule has 0 saturated heterocycles. The van der Waals surface area contributed by atoms with Crippen molar-refractivity contribution in [3.63, 3.8) is 0 Å². The summed E-state index contributed by atoms with van der Waals surface area (Å²) in [6, 6.07) is 6.74. The maximum Gasteiger partial charge on any atom is 0.122 e. The average molecular weight is 221 g/mol. The first kappa shape index (κ1) is 13.0. The van der Waals surface area contributed by atoms with Crippen LogP contribution in [0.4, 0.5) is 0 Å². The highest BCUT2D eigenvalue weighted by Crippen LogP contribution is 2.22. The van der Waals surface area contributed by atoms with E-state index in [0.717, 1.165) is 31.4 Å². The lowest BCUT2D eigenvalue weighted by atomic mass is 10.0. The van der Waals surface area contributed by atoms with E-state index in [2.05, 4.69) is 32.0 Å². The molecule has 2 N–H and O–H groups in total. The van der Waals surface area contributed by atoms with Gasteiger partial charge in [-0.3, -0.25) is 0 Å². The Kier molecular flexibility index (Phi) is 5.33. The van der Waals surface area contributed by atoms with Crippen molar-refractivity contribution >= 4 is 0 Å². The van der Waals surface area contributed by atoms with Crippen LogP contribution in [0.5, 0.6) is 5.75 Å². The Bertz CT molecular complexity index is 321. The van der Waals surface area contributed by atoms with E-state index < -0.39 is 0 Å². The van der Waals surface area contributed by atoms with Gasteiger partial charge in [-0.2, -0.15) is 0 Å². The molecule has 0 heterocycles. The van der Waals surface area contributed by atoms with Crippen LogP contribution in [0, 0.1) is 0 Å². The first-order valence-electron chi connectivity index (χ1n) is 6.08. The molecule has 0 aliphatic heterocycles. The number of aryl methyl sites for hydroxylation is 2. The summed E-state index contributed by atoms with van der Waals surface area (Å²) in [6.07, 6.45) is 4.32. The lowest BCUT2D eigenvalue weighted by Gasteiger charge is -2.11. The predicted octanol–water partition coefficient (Wildman–Crippen LogP) is 2.93. The molecule has 0 spiro atoms. The molecule has 1 aromatic carbocycles. The Labute approximate surface area is 98.8 Å². The van der Waals surface area contributed by atoms with Gasteiger partial charge >= 0.3 is 0 Å². The van der Waals surface area contributed by atoms with Crippen molar-refractivity contribution in [3.05, 3.63) is 29.3 Å². The maximum atomic E-state index is 5.75. The Morgan fingerprint density at radius 3 is 2.69 bits per heavy atom. The highest BCUT2D eigenvalue weighted by molar-refractivity contribution is 5.37. The topological polar surface area (TPSA) is 35.2 Å². The van der Waals surface area contributed by atoms with Crippen LogP contribution in [-0.4, -0.2) is 13.2 Å². The molecule has 0 amide bonds. The van der Waals surface area contributed by atoms with Gasteiger partial charge in [0.15, 0.2) is 0 Å². The molecular weight excluding hydrogens is 198 g/mol. The third kappa shape index (κ3) is 3.86. The van der Waals surface area contributed by atoms with Crippen molar-refractivity contribution in [2.75, 3.05) is 7.11 Å². The third-order valence-corrected chi connectivity index (χ3v) is 2.86. The summed E-state index contributed by atoms with van der Waals surface area (Å²) < 4.78 is 5.37. The Morgan fingerprint density at radius 2 is 2.12 bits per heavy atom. The number of hydrogen-bond donors (Lipinski definition) is 1. The van der Waals surface area contributed by atoms with E-state index in [-0.39, 0.29) is 0 Å². The molecule has 0 saturated carbocycles. The third-order valence-electron chi connectivity index (χ3n) is 2.86. The van der Waals surface area contributed by atoms with Crippen molar-refractivity contribution in [1.29, 1.82) is 0 Å². The van der Waals surface area contributed by atoms with Gasteiger partial charge in [0.25, 0.3) is 0 Å². The number of methoxy groups -OCH3 is 1. The van der Waals surface area contributed by atoms with E-state index in [4.69, 9.17) is 10.5 Å². The molecule has 16 heavy (non-hydrogen) atoms. The van der Waals surface area contributed by atoms with Gasteiger partial charge in [0.05, 0.1) is 7.11 Å². The van der Waals surface area contributed by atoms with Crippen LogP contribution in [0.2, 0.25) is 0 Å². The smallest absolute Gasteiger partial charge is 0.122 e. The zero-order valence-corrected chi connectivity index (χ0v) is 10.6. The van der Waals surface area contributed by atoms with Gasteiger partial charge in [-0.1, -0.05) is 19.1 Å². The second kappa shape index (κ2) is 6.54. The number of nitrogens with two attached hydrogens (primary N) is 1. The molecule has 0 fully saturated rings. The second-order valence-corrected chi connectivity index (χ2v) is 4.37. The van der Waals surface area contributed by atoms with Crippen molar-refractivity contribution < 1.29 is 4.74 Å². The van der Waals surface area contributed by atoms with E-state index in [1.807, 2.05) is 0 Å². The summed E-state index contributed by atoms with van der Waals surface area (Å²) in [6.45, 7) is 4.23. The van der Waals surface area contributed by atoms with E-state index in [1.54, 1.807) is 7.11 Å². The minimum atomic E-state index is 0.292. The van der Waals surface area contributed by atoms with Crippen molar-refractivity contribution in [1.82, 2.24) is 0 Å². The normalized spacial score (nSPS) is 12.5. The molecule has 2 heteroatoms. The molecule has 1 atom stereocenters. The van der Waals surface area contributed by atoms with Gasteiger partial charge in [0.1, 0.15) is 5.75 Å². The summed E-state index contributed by atoms with van der Waals surface area (Å²) in [5, 5.41) is 0. The van der Waals surface area contributed by atoms with Crippen molar-refractivity contribution in [3.8, 4) is 5.75 Å². The van der Waals surface area contributed by atoms with Crippen LogP contribution in [0.15, 0.2) is 18.2 Å². The average Bonchev–Trinajstić information content (AvgIpc) is 2.28.